The molecule has 0 saturated carbocycles. The van der Waals surface area contributed by atoms with Gasteiger partial charge in [-0.05, 0) is 37.1 Å². The molecule has 3 aromatic rings. The van der Waals surface area contributed by atoms with Crippen molar-refractivity contribution in [3.63, 3.8) is 0 Å². The molecule has 1 heterocycles. The van der Waals surface area contributed by atoms with Crippen molar-refractivity contribution in [2.45, 2.75) is 46.1 Å². The minimum absolute atomic E-state index is 0.0247. The molecular formula is C28H30NO5P. The van der Waals surface area contributed by atoms with Crippen LogP contribution in [-0.4, -0.2) is 38.3 Å². The molecular weight excluding hydrogens is 461 g/mol. The maximum absolute atomic E-state index is 12.7. The Morgan fingerprint density at radius 1 is 1.03 bits per heavy atom. The molecule has 0 fully saturated rings. The molecule has 0 spiro atoms. The van der Waals surface area contributed by atoms with Crippen molar-refractivity contribution in [2.24, 2.45) is 0 Å². The first kappa shape index (κ1) is 26.4. The van der Waals surface area contributed by atoms with E-state index in [1.807, 2.05) is 76.2 Å². The van der Waals surface area contributed by atoms with E-state index >= 15 is 0 Å². The Morgan fingerprint density at radius 3 is 2.23 bits per heavy atom. The number of aliphatic carboxylic acids is 1. The predicted molar refractivity (Wildman–Crippen MR) is 139 cm³/mol. The summed E-state index contributed by atoms with van der Waals surface area (Å²) in [5.41, 5.74) is 9.28. The van der Waals surface area contributed by atoms with E-state index < -0.39 is 32.0 Å². The van der Waals surface area contributed by atoms with Crippen molar-refractivity contribution >= 4 is 13.3 Å². The fourth-order valence-corrected chi connectivity index (χ4v) is 5.05. The van der Waals surface area contributed by atoms with Crippen LogP contribution in [0.1, 0.15) is 48.6 Å². The highest BCUT2D eigenvalue weighted by Gasteiger charge is 2.23. The molecule has 1 unspecified atom stereocenters. The van der Waals surface area contributed by atoms with E-state index in [-0.39, 0.29) is 5.92 Å². The third kappa shape index (κ3) is 7.13. The molecule has 0 bridgehead atoms. The number of benzene rings is 2. The number of rotatable bonds is 7. The number of nitrogens with zero attached hydrogens (tertiary/aromatic N) is 1. The SMILES string of the molecule is Cc1cc(C)cc(-c2cc(-c3ccccc3)nc(C(C)C)c2C#CP(=O)(O)C[C@@H](O)CC(=O)O)c1. The van der Waals surface area contributed by atoms with Gasteiger partial charge in [0.2, 0.25) is 0 Å². The summed E-state index contributed by atoms with van der Waals surface area (Å²) in [4.78, 5) is 26.1. The van der Waals surface area contributed by atoms with Crippen LogP contribution in [0.15, 0.2) is 54.6 Å². The first-order chi connectivity index (χ1) is 16.4. The molecule has 0 aliphatic rings. The van der Waals surface area contributed by atoms with Crippen LogP contribution in [-0.2, 0) is 9.36 Å². The Bertz CT molecular complexity index is 1320. The van der Waals surface area contributed by atoms with Gasteiger partial charge in [0.05, 0.1) is 35.6 Å². The zero-order valence-electron chi connectivity index (χ0n) is 20.3. The van der Waals surface area contributed by atoms with E-state index in [9.17, 15) is 19.4 Å². The van der Waals surface area contributed by atoms with Crippen molar-refractivity contribution < 1.29 is 24.5 Å². The number of aryl methyl sites for hydroxylation is 2. The highest BCUT2D eigenvalue weighted by Crippen LogP contribution is 2.41. The zero-order valence-corrected chi connectivity index (χ0v) is 21.2. The van der Waals surface area contributed by atoms with Crippen LogP contribution in [0.2, 0.25) is 0 Å². The molecule has 0 radical (unpaired) electrons. The van der Waals surface area contributed by atoms with Crippen LogP contribution >= 0.6 is 7.37 Å². The Labute approximate surface area is 206 Å². The van der Waals surface area contributed by atoms with Gasteiger partial charge in [0, 0.05) is 11.1 Å². The van der Waals surface area contributed by atoms with Crippen molar-refractivity contribution in [1.29, 1.82) is 0 Å². The summed E-state index contributed by atoms with van der Waals surface area (Å²) in [6.07, 6.45) is -2.69. The predicted octanol–water partition coefficient (Wildman–Crippen LogP) is 5.57. The molecule has 6 nitrogen and oxygen atoms in total. The Morgan fingerprint density at radius 2 is 1.66 bits per heavy atom. The van der Waals surface area contributed by atoms with E-state index in [0.29, 0.717) is 11.3 Å². The molecule has 0 aliphatic carbocycles. The number of aromatic nitrogens is 1. The first-order valence-corrected chi connectivity index (χ1v) is 13.2. The number of hydrogen-bond acceptors (Lipinski definition) is 4. The zero-order chi connectivity index (χ0) is 25.8. The molecule has 2 atom stereocenters. The molecule has 0 saturated heterocycles. The van der Waals surface area contributed by atoms with E-state index in [1.54, 1.807) is 0 Å². The van der Waals surface area contributed by atoms with Crippen molar-refractivity contribution in [2.75, 3.05) is 6.16 Å². The monoisotopic (exact) mass is 491 g/mol. The molecule has 3 N–H and O–H groups in total. The Hall–Kier alpha value is -3.23. The first-order valence-electron chi connectivity index (χ1n) is 11.4. The largest absolute Gasteiger partial charge is 0.481 e. The fraction of sp³-hybridized carbons (Fsp3) is 0.286. The van der Waals surface area contributed by atoms with Gasteiger partial charge in [-0.1, -0.05) is 79.4 Å². The lowest BCUT2D eigenvalue weighted by molar-refractivity contribution is -0.138. The minimum atomic E-state index is -4.12. The second-order valence-electron chi connectivity index (χ2n) is 9.09. The molecule has 3 rings (SSSR count). The molecule has 35 heavy (non-hydrogen) atoms. The minimum Gasteiger partial charge on any atom is -0.481 e. The van der Waals surface area contributed by atoms with Gasteiger partial charge in [0.15, 0.2) is 0 Å². The number of aliphatic hydroxyl groups excluding tert-OH is 1. The van der Waals surface area contributed by atoms with E-state index in [0.717, 1.165) is 33.5 Å². The molecule has 7 heteroatoms. The Balaban J connectivity index is 2.22. The van der Waals surface area contributed by atoms with Crippen LogP contribution in [0, 0.1) is 25.4 Å². The van der Waals surface area contributed by atoms with E-state index in [1.165, 1.54) is 0 Å². The maximum Gasteiger partial charge on any atom is 0.305 e. The quantitative estimate of drug-likeness (QED) is 0.295. The lowest BCUT2D eigenvalue weighted by Crippen LogP contribution is -2.17. The molecule has 182 valence electrons. The summed E-state index contributed by atoms with van der Waals surface area (Å²) in [7, 11) is -4.12. The summed E-state index contributed by atoms with van der Waals surface area (Å²) >= 11 is 0. The van der Waals surface area contributed by atoms with E-state index in [2.05, 4.69) is 17.6 Å². The van der Waals surface area contributed by atoms with Gasteiger partial charge in [0.1, 0.15) is 0 Å². The normalized spacial score (nSPS) is 13.6. The standard InChI is InChI=1S/C28H30NO5P/c1-18(2)28-24(10-11-35(33,34)17-23(30)15-27(31)32)25(22-13-19(3)12-20(4)14-22)16-26(29-28)21-8-6-5-7-9-21/h5-9,12-14,16,18,23,30H,15,17H2,1-4H3,(H,31,32)(H,33,34)/t23-/m0/s1. The number of carboxylic acid groups (broad SMARTS) is 1. The summed E-state index contributed by atoms with van der Waals surface area (Å²) in [5, 5.41) is 18.7. The molecule has 2 aromatic carbocycles. The second-order valence-corrected chi connectivity index (χ2v) is 11.1. The van der Waals surface area contributed by atoms with Crippen LogP contribution in [0.4, 0.5) is 0 Å². The highest BCUT2D eigenvalue weighted by molar-refractivity contribution is 7.63. The average Bonchev–Trinajstić information content (AvgIpc) is 2.76. The molecule has 1 aromatic heterocycles. The second kappa shape index (κ2) is 11.0. The van der Waals surface area contributed by atoms with Gasteiger partial charge in [-0.2, -0.15) is 0 Å². The summed E-state index contributed by atoms with van der Waals surface area (Å²) < 4.78 is 12.7. The number of carboxylic acids is 1. The molecule has 0 amide bonds. The van der Waals surface area contributed by atoms with Crippen molar-refractivity contribution in [3.05, 3.63) is 77.0 Å². The van der Waals surface area contributed by atoms with Crippen molar-refractivity contribution in [1.82, 2.24) is 4.98 Å². The highest BCUT2D eigenvalue weighted by atomic mass is 31.2. The summed E-state index contributed by atoms with van der Waals surface area (Å²) in [6.45, 7) is 8.00. The average molecular weight is 492 g/mol. The van der Waals surface area contributed by atoms with Crippen LogP contribution in [0.3, 0.4) is 0 Å². The van der Waals surface area contributed by atoms with Gasteiger partial charge in [-0.25, -0.2) is 0 Å². The van der Waals surface area contributed by atoms with Crippen LogP contribution < -0.4 is 0 Å². The lowest BCUT2D eigenvalue weighted by atomic mass is 9.91. The third-order valence-corrected chi connectivity index (χ3v) is 6.80. The van der Waals surface area contributed by atoms with Gasteiger partial charge in [0.25, 0.3) is 7.37 Å². The fourth-order valence-electron chi connectivity index (χ4n) is 3.97. The third-order valence-electron chi connectivity index (χ3n) is 5.42. The topological polar surface area (TPSA) is 108 Å². The van der Waals surface area contributed by atoms with Crippen LogP contribution in [0.5, 0.6) is 0 Å². The lowest BCUT2D eigenvalue weighted by Gasteiger charge is -2.17. The van der Waals surface area contributed by atoms with Gasteiger partial charge in [-0.15, -0.1) is 0 Å². The van der Waals surface area contributed by atoms with Crippen molar-refractivity contribution in [3.8, 4) is 34.0 Å². The number of hydrogen-bond donors (Lipinski definition) is 3. The van der Waals surface area contributed by atoms with Gasteiger partial charge >= 0.3 is 5.97 Å². The molecule has 0 aliphatic heterocycles. The van der Waals surface area contributed by atoms with Gasteiger partial charge < -0.3 is 15.1 Å². The smallest absolute Gasteiger partial charge is 0.305 e. The number of aliphatic hydroxyl groups is 1. The summed E-state index contributed by atoms with van der Waals surface area (Å²) in [5.74, 6) is 1.62. The summed E-state index contributed by atoms with van der Waals surface area (Å²) in [6, 6.07) is 17.9. The number of carbonyl (C=O) groups is 1. The van der Waals surface area contributed by atoms with E-state index in [4.69, 9.17) is 10.1 Å². The number of pyridine rings is 1. The maximum atomic E-state index is 12.7. The van der Waals surface area contributed by atoms with Crippen LogP contribution in [0.25, 0.3) is 22.4 Å². The Kier molecular flexibility index (Phi) is 8.30. The van der Waals surface area contributed by atoms with Gasteiger partial charge in [-0.3, -0.25) is 14.3 Å².